The highest BCUT2D eigenvalue weighted by Crippen LogP contribution is 2.50. The van der Waals surface area contributed by atoms with Crippen LogP contribution in [0.15, 0.2) is 0 Å². The van der Waals surface area contributed by atoms with E-state index in [9.17, 15) is 66.1 Å². The molecule has 0 spiro atoms. The molecule has 6 atom stereocenters. The summed E-state index contributed by atoms with van der Waals surface area (Å²) in [5.41, 5.74) is 11.6. The maximum absolute atomic E-state index is 13.2. The molecule has 16 nitrogen and oxygen atoms in total. The van der Waals surface area contributed by atoms with Crippen LogP contribution in [0.4, 0.5) is 17.6 Å². The van der Waals surface area contributed by atoms with Crippen LogP contribution in [0.3, 0.4) is 0 Å². The van der Waals surface area contributed by atoms with Gasteiger partial charge in [-0.2, -0.15) is 0 Å². The maximum atomic E-state index is 13.2. The number of nitrogens with two attached hydrogens (primary N) is 3. The van der Waals surface area contributed by atoms with Gasteiger partial charge in [-0.15, -0.1) is 0 Å². The van der Waals surface area contributed by atoms with Crippen LogP contribution in [-0.4, -0.2) is 145 Å². The van der Waals surface area contributed by atoms with Crippen LogP contribution in [0.25, 0.3) is 0 Å². The van der Waals surface area contributed by atoms with Crippen LogP contribution in [0.1, 0.15) is 195 Å². The SMILES string of the molecule is C.C.CC(CC(C)(C)C)C(=O)CC1(C(=O)C(N)=O)CC(F)C1.CC(CC(C)(C)C)C(=O)CC1(C(O)C(N)=O)CC(F)C1.CC(CC(C)(C)C)C(=O)O.CC1(C(O)C(=O)O)CC(F)C1.CC1(C(O)C(N)=O)CC(F)C1.[B]B([B])[B]. The number of carboxylic acids is 2. The number of alkyl halides is 4. The van der Waals surface area contributed by atoms with E-state index in [4.69, 9.17) is 32.5 Å². The van der Waals surface area contributed by atoms with Gasteiger partial charge in [-0.3, -0.25) is 33.6 Å². The number of Topliss-reactive ketones (excluding diaryl/α,β-unsaturated/α-hetero) is 3. The van der Waals surface area contributed by atoms with Crippen molar-refractivity contribution in [2.24, 2.45) is 72.9 Å². The average molecular weight is 1120 g/mol. The van der Waals surface area contributed by atoms with Crippen LogP contribution < -0.4 is 17.2 Å². The van der Waals surface area contributed by atoms with Gasteiger partial charge in [-0.25, -0.2) is 22.4 Å². The average Bonchev–Trinajstić information content (AvgIpc) is 3.18. The number of rotatable bonds is 18. The van der Waals surface area contributed by atoms with E-state index < -0.39 is 106 Å². The zero-order valence-electron chi connectivity index (χ0n) is 47.5. The molecular weight excluding hydrogens is 1020 g/mol. The van der Waals surface area contributed by atoms with Crippen LogP contribution in [0.5, 0.6) is 0 Å². The Bertz CT molecular complexity index is 1900. The summed E-state index contributed by atoms with van der Waals surface area (Å²) in [7, 11) is 14.0. The normalized spacial score (nSPS) is 27.9. The number of hydrogen-bond acceptors (Lipinski definition) is 11. The summed E-state index contributed by atoms with van der Waals surface area (Å²) in [5.74, 6) is -6.23. The van der Waals surface area contributed by atoms with E-state index in [0.717, 1.165) is 6.42 Å². The summed E-state index contributed by atoms with van der Waals surface area (Å²) in [6.45, 7) is 27.0. The molecule has 446 valence electrons. The molecule has 0 bridgehead atoms. The number of carbonyl (C=O) groups excluding carboxylic acids is 6. The van der Waals surface area contributed by atoms with Crippen molar-refractivity contribution in [2.45, 2.75) is 238 Å². The molecular formula is C54H97B4F4N3O13. The van der Waals surface area contributed by atoms with Crippen LogP contribution >= 0.6 is 0 Å². The molecule has 4 fully saturated rings. The summed E-state index contributed by atoms with van der Waals surface area (Å²) in [4.78, 5) is 89.7. The number of hydrogen-bond donors (Lipinski definition) is 8. The molecule has 4 saturated carbocycles. The zero-order valence-corrected chi connectivity index (χ0v) is 47.5. The number of aliphatic hydroxyl groups is 3. The standard InChI is InChI=1S/C15H26FNO3.C15H24FNO3.C8H16O2.C7H12FNO2.C7H11FO3.2CH4.B4/c2*1-9(5-14(2,3)4)11(18)8-15(6-10(16)7-15)12(19)13(17)20;1-6(7(9)10)5-8(2,3)4;1-7(2-4(8)3-7)5(10)6(9)11;1-7(2-4(8)3-7)5(9)6(10)11;;;1-4(2)3/h9-10,12,19H,5-8H2,1-4H3,(H2,17,20);9-10H,5-8H2,1-4H3,(H2,17,20);6H,5H2,1-4H3,(H,9,10);4-5,10H,2-3H2,1H3,(H2,9,11);4-5,9H,2-3H2,1H3,(H,10,11);2*1H4;. The first-order chi connectivity index (χ1) is 33.9. The molecule has 4 rings (SSSR count). The minimum Gasteiger partial charge on any atom is -0.481 e. The molecule has 4 aliphatic rings. The fourth-order valence-electron chi connectivity index (χ4n) is 10.1. The summed E-state index contributed by atoms with van der Waals surface area (Å²) >= 11 is 0. The number of carboxylic acid groups (broad SMARTS) is 2. The Morgan fingerprint density at radius 3 is 1.03 bits per heavy atom. The molecule has 0 heterocycles. The van der Waals surface area contributed by atoms with Gasteiger partial charge in [0.2, 0.25) is 17.6 Å². The number of carbonyl (C=O) groups is 8. The van der Waals surface area contributed by atoms with Crippen molar-refractivity contribution in [3.8, 4) is 0 Å². The van der Waals surface area contributed by atoms with Gasteiger partial charge in [-0.05, 0) is 86.9 Å². The highest BCUT2D eigenvalue weighted by atomic mass is 19.1. The van der Waals surface area contributed by atoms with Crippen molar-refractivity contribution in [1.82, 2.24) is 0 Å². The number of ketones is 3. The number of primary amides is 3. The Morgan fingerprint density at radius 1 is 0.513 bits per heavy atom. The first-order valence-electron chi connectivity index (χ1n) is 25.7. The predicted octanol–water partition coefficient (Wildman–Crippen LogP) is 6.61. The molecule has 6 radical (unpaired) electrons. The minimum absolute atomic E-state index is 0. The highest BCUT2D eigenvalue weighted by Gasteiger charge is 2.55. The molecule has 0 aliphatic heterocycles. The highest BCUT2D eigenvalue weighted by molar-refractivity contribution is 7.49. The Kier molecular flexibility index (Phi) is 33.7. The fourth-order valence-corrected chi connectivity index (χ4v) is 10.1. The van der Waals surface area contributed by atoms with E-state index in [2.05, 4.69) is 23.2 Å². The number of aliphatic hydroxyl groups excluding tert-OH is 3. The largest absolute Gasteiger partial charge is 0.481 e. The Hall–Kier alpha value is -3.78. The Balaban J connectivity index is -0.000000441. The molecule has 24 heteroatoms. The van der Waals surface area contributed by atoms with Crippen LogP contribution in [0.2, 0.25) is 0 Å². The quantitative estimate of drug-likeness (QED) is 0.0408. The van der Waals surface area contributed by atoms with Crippen molar-refractivity contribution in [1.29, 1.82) is 0 Å². The molecule has 0 saturated heterocycles. The van der Waals surface area contributed by atoms with E-state index in [1.54, 1.807) is 20.8 Å². The van der Waals surface area contributed by atoms with Gasteiger partial charge in [0.15, 0.2) is 6.10 Å². The first kappa shape index (κ1) is 80.7. The van der Waals surface area contributed by atoms with Gasteiger partial charge >= 0.3 is 11.9 Å². The molecule has 6 unspecified atom stereocenters. The molecule has 0 aromatic rings. The van der Waals surface area contributed by atoms with Gasteiger partial charge in [0.25, 0.3) is 5.91 Å². The van der Waals surface area contributed by atoms with E-state index in [1.165, 1.54) is 0 Å². The Morgan fingerprint density at radius 2 is 0.795 bits per heavy atom. The van der Waals surface area contributed by atoms with Crippen molar-refractivity contribution < 1.29 is 81.5 Å². The van der Waals surface area contributed by atoms with Gasteiger partial charge in [0.1, 0.15) is 48.5 Å². The Labute approximate surface area is 467 Å². The molecule has 0 aromatic heterocycles. The van der Waals surface area contributed by atoms with Crippen LogP contribution in [0, 0.1) is 55.7 Å². The molecule has 0 aromatic carbocycles. The summed E-state index contributed by atoms with van der Waals surface area (Å²) in [6, 6.07) is 0. The van der Waals surface area contributed by atoms with Gasteiger partial charge in [0.05, 0.1) is 11.3 Å². The van der Waals surface area contributed by atoms with Crippen LogP contribution in [-0.2, 0) is 38.4 Å². The topological polar surface area (TPSA) is 316 Å². The molecule has 11 N–H and O–H groups in total. The zero-order chi connectivity index (χ0) is 60.7. The lowest BCUT2D eigenvalue weighted by Gasteiger charge is -2.46. The van der Waals surface area contributed by atoms with E-state index >= 15 is 0 Å². The number of halogens is 4. The van der Waals surface area contributed by atoms with Gasteiger partial charge in [-0.1, -0.05) is 112 Å². The van der Waals surface area contributed by atoms with Crippen molar-refractivity contribution in [2.75, 3.05) is 0 Å². The van der Waals surface area contributed by atoms with Crippen molar-refractivity contribution >= 4 is 76.6 Å². The van der Waals surface area contributed by atoms with Crippen molar-refractivity contribution in [3.05, 3.63) is 0 Å². The lowest BCUT2D eigenvalue weighted by molar-refractivity contribution is -0.162. The third-order valence-electron chi connectivity index (χ3n) is 13.9. The van der Waals surface area contributed by atoms with Gasteiger partial charge in [0, 0.05) is 70.5 Å². The third kappa shape index (κ3) is 28.6. The number of aliphatic carboxylic acids is 2. The number of amides is 3. The molecule has 4 aliphatic carbocycles. The molecule has 3 amide bonds. The molecule has 78 heavy (non-hydrogen) atoms. The minimum atomic E-state index is -1.44. The maximum Gasteiger partial charge on any atom is 0.333 e. The lowest BCUT2D eigenvalue weighted by atomic mass is 9.08. The summed E-state index contributed by atoms with van der Waals surface area (Å²) in [5, 5.41) is 45.1. The predicted molar refractivity (Wildman–Crippen MR) is 299 cm³/mol. The second kappa shape index (κ2) is 32.6. The summed E-state index contributed by atoms with van der Waals surface area (Å²) < 4.78 is 51.0. The first-order valence-corrected chi connectivity index (χ1v) is 25.7. The van der Waals surface area contributed by atoms with E-state index in [1.807, 2.05) is 76.2 Å². The third-order valence-corrected chi connectivity index (χ3v) is 13.9. The van der Waals surface area contributed by atoms with E-state index in [-0.39, 0.29) is 125 Å². The van der Waals surface area contributed by atoms with Gasteiger partial charge < -0.3 is 42.7 Å². The second-order valence-electron chi connectivity index (χ2n) is 26.2. The second-order valence-corrected chi connectivity index (χ2v) is 26.2. The smallest absolute Gasteiger partial charge is 0.333 e. The fraction of sp³-hybridized carbons (Fsp3) is 0.852. The van der Waals surface area contributed by atoms with Crippen molar-refractivity contribution in [3.63, 3.8) is 0 Å². The summed E-state index contributed by atoms with van der Waals surface area (Å²) in [6.07, 6.45) is -5.94. The monoisotopic (exact) mass is 1120 g/mol. The lowest BCUT2D eigenvalue weighted by Crippen LogP contribution is -2.54. The van der Waals surface area contributed by atoms with E-state index in [0.29, 0.717) is 12.8 Å².